The maximum absolute atomic E-state index is 12.7. The van der Waals surface area contributed by atoms with Crippen LogP contribution in [0.2, 0.25) is 0 Å². The number of urea groups is 1. The van der Waals surface area contributed by atoms with Gasteiger partial charge in [-0.25, -0.2) is 4.79 Å². The zero-order chi connectivity index (χ0) is 18.1. The third-order valence-corrected chi connectivity index (χ3v) is 4.11. The molecule has 1 aromatic carbocycles. The largest absolute Gasteiger partial charge is 0.489 e. The Morgan fingerprint density at radius 1 is 1.29 bits per heavy atom. The van der Waals surface area contributed by atoms with E-state index in [9.17, 15) is 14.4 Å². The predicted molar refractivity (Wildman–Crippen MR) is 89.6 cm³/mol. The highest BCUT2D eigenvalue weighted by molar-refractivity contribution is 6.09. The predicted octanol–water partition coefficient (Wildman–Crippen LogP) is 2.39. The van der Waals surface area contributed by atoms with Crippen LogP contribution in [0.1, 0.15) is 33.3 Å². The van der Waals surface area contributed by atoms with Crippen LogP contribution in [0.25, 0.3) is 0 Å². The van der Waals surface area contributed by atoms with Gasteiger partial charge in [-0.15, -0.1) is 0 Å². The van der Waals surface area contributed by atoms with Crippen LogP contribution in [-0.4, -0.2) is 35.3 Å². The summed E-state index contributed by atoms with van der Waals surface area (Å²) in [4.78, 5) is 37.4. The van der Waals surface area contributed by atoms with Crippen LogP contribution >= 0.6 is 0 Å². The molecule has 128 valence electrons. The normalized spacial score (nSPS) is 21.4. The van der Waals surface area contributed by atoms with Gasteiger partial charge >= 0.3 is 6.03 Å². The van der Waals surface area contributed by atoms with Gasteiger partial charge in [-0.1, -0.05) is 18.7 Å². The number of hydrogen-bond acceptors (Lipinski definition) is 4. The van der Waals surface area contributed by atoms with E-state index in [2.05, 4.69) is 11.9 Å². The third-order valence-electron chi connectivity index (χ3n) is 4.11. The Morgan fingerprint density at radius 3 is 2.38 bits per heavy atom. The zero-order valence-electron chi connectivity index (χ0n) is 14.4. The van der Waals surface area contributed by atoms with Crippen molar-refractivity contribution in [3.63, 3.8) is 0 Å². The SMILES string of the molecule is C=C(C)COc1ccc(C2(C)NC(=O)N(C(C)C(C)=O)C2=O)cc1. The number of carbonyl (C=O) groups excluding carboxylic acids is 3. The van der Waals surface area contributed by atoms with Crippen molar-refractivity contribution < 1.29 is 19.1 Å². The first-order chi connectivity index (χ1) is 11.2. The van der Waals surface area contributed by atoms with Crippen molar-refractivity contribution in [2.75, 3.05) is 6.61 Å². The zero-order valence-corrected chi connectivity index (χ0v) is 14.4. The fraction of sp³-hybridized carbons (Fsp3) is 0.389. The lowest BCUT2D eigenvalue weighted by molar-refractivity contribution is -0.136. The molecule has 0 bridgehead atoms. The van der Waals surface area contributed by atoms with Crippen LogP contribution in [0.4, 0.5) is 4.79 Å². The number of amides is 3. The molecule has 6 nitrogen and oxygen atoms in total. The molecule has 1 fully saturated rings. The minimum Gasteiger partial charge on any atom is -0.489 e. The number of carbonyl (C=O) groups is 3. The molecule has 1 N–H and O–H groups in total. The van der Waals surface area contributed by atoms with E-state index in [-0.39, 0.29) is 5.78 Å². The summed E-state index contributed by atoms with van der Waals surface area (Å²) in [5.41, 5.74) is 0.327. The van der Waals surface area contributed by atoms with Crippen molar-refractivity contribution in [2.24, 2.45) is 0 Å². The van der Waals surface area contributed by atoms with Gasteiger partial charge in [0.1, 0.15) is 17.9 Å². The summed E-state index contributed by atoms with van der Waals surface area (Å²) < 4.78 is 5.53. The van der Waals surface area contributed by atoms with Gasteiger partial charge in [0, 0.05) is 0 Å². The van der Waals surface area contributed by atoms with E-state index in [1.165, 1.54) is 6.92 Å². The van der Waals surface area contributed by atoms with Crippen LogP contribution in [-0.2, 0) is 15.1 Å². The maximum Gasteiger partial charge on any atom is 0.325 e. The number of ketones is 1. The Kier molecular flexibility index (Phi) is 4.78. The lowest BCUT2D eigenvalue weighted by Gasteiger charge is -2.24. The molecule has 3 amide bonds. The molecule has 0 aromatic heterocycles. The number of nitrogens with zero attached hydrogens (tertiary/aromatic N) is 1. The van der Waals surface area contributed by atoms with Gasteiger partial charge in [0.25, 0.3) is 5.91 Å². The van der Waals surface area contributed by atoms with Gasteiger partial charge in [0.2, 0.25) is 0 Å². The molecule has 1 aliphatic rings. The Labute approximate surface area is 141 Å². The summed E-state index contributed by atoms with van der Waals surface area (Å²) in [6.07, 6.45) is 0. The second-order valence-electron chi connectivity index (χ2n) is 6.29. The molecule has 1 saturated heterocycles. The highest BCUT2D eigenvalue weighted by atomic mass is 16.5. The Bertz CT molecular complexity index is 695. The van der Waals surface area contributed by atoms with Gasteiger partial charge in [-0.05, 0) is 51.0 Å². The molecular weight excluding hydrogens is 308 g/mol. The molecule has 0 aliphatic carbocycles. The summed E-state index contributed by atoms with van der Waals surface area (Å²) in [6.45, 7) is 10.6. The number of Topliss-reactive ketones (excluding diaryl/α,β-unsaturated/α-hetero) is 1. The average Bonchev–Trinajstić information content (AvgIpc) is 2.75. The molecule has 2 unspecified atom stereocenters. The highest BCUT2D eigenvalue weighted by Crippen LogP contribution is 2.31. The van der Waals surface area contributed by atoms with Crippen molar-refractivity contribution in [3.05, 3.63) is 42.0 Å². The van der Waals surface area contributed by atoms with Crippen molar-refractivity contribution in [1.29, 1.82) is 0 Å². The maximum atomic E-state index is 12.7. The number of benzene rings is 1. The lowest BCUT2D eigenvalue weighted by Crippen LogP contribution is -2.44. The van der Waals surface area contributed by atoms with E-state index in [1.54, 1.807) is 38.1 Å². The highest BCUT2D eigenvalue weighted by Gasteiger charge is 2.51. The number of nitrogens with one attached hydrogen (secondary N) is 1. The van der Waals surface area contributed by atoms with Crippen LogP contribution in [0.15, 0.2) is 36.4 Å². The van der Waals surface area contributed by atoms with Crippen molar-refractivity contribution in [3.8, 4) is 5.75 Å². The number of hydrogen-bond donors (Lipinski definition) is 1. The lowest BCUT2D eigenvalue weighted by atomic mass is 9.91. The van der Waals surface area contributed by atoms with E-state index in [0.717, 1.165) is 10.5 Å². The second-order valence-corrected chi connectivity index (χ2v) is 6.29. The topological polar surface area (TPSA) is 75.7 Å². The Balaban J connectivity index is 2.24. The summed E-state index contributed by atoms with van der Waals surface area (Å²) in [6, 6.07) is 5.58. The monoisotopic (exact) mass is 330 g/mol. The molecule has 0 spiro atoms. The molecule has 0 radical (unpaired) electrons. The summed E-state index contributed by atoms with van der Waals surface area (Å²) in [5.74, 6) is -0.0341. The van der Waals surface area contributed by atoms with E-state index < -0.39 is 23.5 Å². The van der Waals surface area contributed by atoms with Crippen molar-refractivity contribution in [1.82, 2.24) is 10.2 Å². The molecule has 0 saturated carbocycles. The molecule has 1 aliphatic heterocycles. The van der Waals surface area contributed by atoms with Crippen LogP contribution < -0.4 is 10.1 Å². The molecule has 1 heterocycles. The number of rotatable bonds is 6. The quantitative estimate of drug-likeness (QED) is 0.642. The van der Waals surface area contributed by atoms with Crippen molar-refractivity contribution >= 4 is 17.7 Å². The minimum atomic E-state index is -1.20. The van der Waals surface area contributed by atoms with E-state index in [4.69, 9.17) is 4.74 Å². The number of imide groups is 1. The first kappa shape index (κ1) is 17.7. The minimum absolute atomic E-state index is 0.244. The standard InChI is InChI=1S/C18H22N2O4/c1-11(2)10-24-15-8-6-14(7-9-15)18(5)16(22)20(17(23)19-18)12(3)13(4)21/h6-9,12H,1,10H2,2-5H3,(H,19,23). The second kappa shape index (κ2) is 6.47. The van der Waals surface area contributed by atoms with Gasteiger partial charge in [-0.2, -0.15) is 0 Å². The molecule has 6 heteroatoms. The number of ether oxygens (including phenoxy) is 1. The summed E-state index contributed by atoms with van der Waals surface area (Å²) >= 11 is 0. The van der Waals surface area contributed by atoms with Gasteiger partial charge < -0.3 is 10.1 Å². The smallest absolute Gasteiger partial charge is 0.325 e. The molecular formula is C18H22N2O4. The Hall–Kier alpha value is -2.63. The first-order valence-electron chi connectivity index (χ1n) is 7.71. The molecule has 24 heavy (non-hydrogen) atoms. The van der Waals surface area contributed by atoms with Gasteiger partial charge in [0.05, 0.1) is 6.04 Å². The molecule has 2 rings (SSSR count). The van der Waals surface area contributed by atoms with Gasteiger partial charge in [-0.3, -0.25) is 14.5 Å². The van der Waals surface area contributed by atoms with Crippen molar-refractivity contribution in [2.45, 2.75) is 39.3 Å². The Morgan fingerprint density at radius 2 is 1.88 bits per heavy atom. The van der Waals surface area contributed by atoms with Crippen LogP contribution in [0, 0.1) is 0 Å². The van der Waals surface area contributed by atoms with Crippen LogP contribution in [0.5, 0.6) is 5.75 Å². The summed E-state index contributed by atoms with van der Waals surface area (Å²) in [7, 11) is 0. The van der Waals surface area contributed by atoms with Gasteiger partial charge in [0.15, 0.2) is 5.78 Å². The fourth-order valence-corrected chi connectivity index (χ4v) is 2.48. The fourth-order valence-electron chi connectivity index (χ4n) is 2.48. The van der Waals surface area contributed by atoms with E-state index >= 15 is 0 Å². The van der Waals surface area contributed by atoms with E-state index in [0.29, 0.717) is 17.9 Å². The van der Waals surface area contributed by atoms with E-state index in [1.807, 2.05) is 6.92 Å². The van der Waals surface area contributed by atoms with Crippen LogP contribution in [0.3, 0.4) is 0 Å². The molecule has 2 atom stereocenters. The first-order valence-corrected chi connectivity index (χ1v) is 7.71. The average molecular weight is 330 g/mol. The summed E-state index contributed by atoms with van der Waals surface area (Å²) in [5, 5.41) is 2.68. The molecule has 1 aromatic rings. The third kappa shape index (κ3) is 3.18.